The van der Waals surface area contributed by atoms with E-state index >= 15 is 0 Å². The molecule has 1 aliphatic heterocycles. The van der Waals surface area contributed by atoms with Crippen molar-refractivity contribution in [3.63, 3.8) is 0 Å². The van der Waals surface area contributed by atoms with Crippen LogP contribution >= 0.6 is 0 Å². The molecule has 0 radical (unpaired) electrons. The fourth-order valence-electron chi connectivity index (χ4n) is 2.85. The highest BCUT2D eigenvalue weighted by atomic mass is 16.2. The van der Waals surface area contributed by atoms with Crippen LogP contribution in [0.5, 0.6) is 0 Å². The van der Waals surface area contributed by atoms with Crippen LogP contribution in [0.25, 0.3) is 0 Å². The average molecular weight is 270 g/mol. The number of rotatable bonds is 2. The third kappa shape index (κ3) is 2.72. The Morgan fingerprint density at radius 3 is 2.30 bits per heavy atom. The number of likely N-dealkylation sites (tertiary alicyclic amines) is 1. The Morgan fingerprint density at radius 1 is 1.05 bits per heavy atom. The van der Waals surface area contributed by atoms with Gasteiger partial charge in [0.1, 0.15) is 0 Å². The van der Waals surface area contributed by atoms with Crippen LogP contribution in [-0.4, -0.2) is 38.0 Å². The molecular weight excluding hydrogens is 248 g/mol. The van der Waals surface area contributed by atoms with E-state index < -0.39 is 0 Å². The Labute approximate surface area is 120 Å². The first-order chi connectivity index (χ1) is 9.65. The molecule has 1 aromatic carbocycles. The van der Waals surface area contributed by atoms with Gasteiger partial charge >= 0.3 is 0 Å². The SMILES string of the molecule is CN(C)c1cccc(C(=O)N2CCC(=C3CC3)CC2)c1. The summed E-state index contributed by atoms with van der Waals surface area (Å²) in [6.45, 7) is 1.76. The molecule has 2 fully saturated rings. The molecule has 1 amide bonds. The molecule has 3 rings (SSSR count). The number of allylic oxidation sites excluding steroid dienone is 1. The highest BCUT2D eigenvalue weighted by molar-refractivity contribution is 5.95. The van der Waals surface area contributed by atoms with Crippen molar-refractivity contribution in [3.8, 4) is 0 Å². The van der Waals surface area contributed by atoms with Crippen LogP contribution in [0.3, 0.4) is 0 Å². The van der Waals surface area contributed by atoms with Crippen LogP contribution in [0.1, 0.15) is 36.0 Å². The molecule has 20 heavy (non-hydrogen) atoms. The molecule has 106 valence electrons. The molecule has 0 aromatic heterocycles. The quantitative estimate of drug-likeness (QED) is 0.771. The minimum atomic E-state index is 0.175. The van der Waals surface area contributed by atoms with Crippen LogP contribution in [-0.2, 0) is 0 Å². The average Bonchev–Trinajstić information content (AvgIpc) is 3.31. The van der Waals surface area contributed by atoms with Gasteiger partial charge in [-0.05, 0) is 43.9 Å². The van der Waals surface area contributed by atoms with E-state index in [1.165, 1.54) is 12.8 Å². The molecule has 1 saturated carbocycles. The lowest BCUT2D eigenvalue weighted by Gasteiger charge is -2.29. The van der Waals surface area contributed by atoms with Crippen molar-refractivity contribution in [1.29, 1.82) is 0 Å². The van der Waals surface area contributed by atoms with E-state index in [0.717, 1.165) is 37.2 Å². The summed E-state index contributed by atoms with van der Waals surface area (Å²) < 4.78 is 0. The number of amides is 1. The molecule has 0 unspecified atom stereocenters. The highest BCUT2D eigenvalue weighted by Gasteiger charge is 2.25. The predicted molar refractivity (Wildman–Crippen MR) is 82.2 cm³/mol. The zero-order valence-electron chi connectivity index (χ0n) is 12.4. The van der Waals surface area contributed by atoms with Crippen molar-refractivity contribution >= 4 is 11.6 Å². The van der Waals surface area contributed by atoms with Gasteiger partial charge in [0.2, 0.25) is 0 Å². The lowest BCUT2D eigenvalue weighted by Crippen LogP contribution is -2.36. The van der Waals surface area contributed by atoms with E-state index in [1.807, 2.05) is 48.2 Å². The maximum absolute atomic E-state index is 12.6. The summed E-state index contributed by atoms with van der Waals surface area (Å²) in [7, 11) is 4.00. The number of anilines is 1. The molecule has 3 heteroatoms. The van der Waals surface area contributed by atoms with Crippen molar-refractivity contribution in [1.82, 2.24) is 4.90 Å². The smallest absolute Gasteiger partial charge is 0.253 e. The van der Waals surface area contributed by atoms with E-state index in [2.05, 4.69) is 0 Å². The van der Waals surface area contributed by atoms with Crippen LogP contribution in [0, 0.1) is 0 Å². The Bertz CT molecular complexity index is 544. The molecule has 1 aliphatic carbocycles. The Morgan fingerprint density at radius 2 is 1.70 bits per heavy atom. The highest BCUT2D eigenvalue weighted by Crippen LogP contribution is 2.36. The molecule has 1 heterocycles. The predicted octanol–water partition coefficient (Wildman–Crippen LogP) is 3.08. The lowest BCUT2D eigenvalue weighted by molar-refractivity contribution is 0.0743. The molecule has 1 aromatic rings. The van der Waals surface area contributed by atoms with Crippen LogP contribution < -0.4 is 4.90 Å². The second kappa shape index (κ2) is 5.31. The summed E-state index contributed by atoms with van der Waals surface area (Å²) in [5, 5.41) is 0. The largest absolute Gasteiger partial charge is 0.378 e. The summed E-state index contributed by atoms with van der Waals surface area (Å²) in [6, 6.07) is 7.90. The normalized spacial score (nSPS) is 18.2. The van der Waals surface area contributed by atoms with E-state index in [4.69, 9.17) is 0 Å². The Kier molecular flexibility index (Phi) is 3.51. The van der Waals surface area contributed by atoms with E-state index in [0.29, 0.717) is 0 Å². The Hall–Kier alpha value is -1.77. The van der Waals surface area contributed by atoms with Crippen molar-refractivity contribution < 1.29 is 4.79 Å². The van der Waals surface area contributed by atoms with Crippen LogP contribution in [0.2, 0.25) is 0 Å². The molecule has 3 nitrogen and oxygen atoms in total. The van der Waals surface area contributed by atoms with Crippen molar-refractivity contribution in [2.75, 3.05) is 32.1 Å². The van der Waals surface area contributed by atoms with Crippen LogP contribution in [0.4, 0.5) is 5.69 Å². The van der Waals surface area contributed by atoms with E-state index in [9.17, 15) is 4.79 Å². The molecule has 0 N–H and O–H groups in total. The number of carbonyl (C=O) groups is 1. The number of hydrogen-bond donors (Lipinski definition) is 0. The maximum atomic E-state index is 12.6. The molecule has 0 spiro atoms. The van der Waals surface area contributed by atoms with Gasteiger partial charge in [-0.15, -0.1) is 0 Å². The number of benzene rings is 1. The van der Waals surface area contributed by atoms with Gasteiger partial charge in [0, 0.05) is 38.4 Å². The zero-order valence-corrected chi connectivity index (χ0v) is 12.4. The fraction of sp³-hybridized carbons (Fsp3) is 0.471. The third-order valence-corrected chi connectivity index (χ3v) is 4.26. The first-order valence-electron chi connectivity index (χ1n) is 7.41. The molecule has 0 atom stereocenters. The van der Waals surface area contributed by atoms with Gasteiger partial charge in [-0.2, -0.15) is 0 Å². The standard InChI is InChI=1S/C17H22N2O/c1-18(2)16-5-3-4-15(12-16)17(20)19-10-8-14(9-11-19)13-6-7-13/h3-5,12H,6-11H2,1-2H3. The minimum Gasteiger partial charge on any atom is -0.378 e. The molecule has 0 bridgehead atoms. The number of piperidine rings is 1. The first-order valence-corrected chi connectivity index (χ1v) is 7.41. The number of carbonyl (C=O) groups excluding carboxylic acids is 1. The third-order valence-electron chi connectivity index (χ3n) is 4.26. The van der Waals surface area contributed by atoms with Gasteiger partial charge in [-0.1, -0.05) is 17.2 Å². The second-order valence-corrected chi connectivity index (χ2v) is 5.94. The zero-order chi connectivity index (χ0) is 14.1. The van der Waals surface area contributed by atoms with E-state index in [-0.39, 0.29) is 5.91 Å². The van der Waals surface area contributed by atoms with Crippen molar-refractivity contribution in [3.05, 3.63) is 41.0 Å². The van der Waals surface area contributed by atoms with Gasteiger partial charge in [0.05, 0.1) is 0 Å². The van der Waals surface area contributed by atoms with Gasteiger partial charge in [0.25, 0.3) is 5.91 Å². The monoisotopic (exact) mass is 270 g/mol. The Balaban J connectivity index is 1.70. The molecule has 1 saturated heterocycles. The number of nitrogens with zero attached hydrogens (tertiary/aromatic N) is 2. The second-order valence-electron chi connectivity index (χ2n) is 5.94. The fourth-order valence-corrected chi connectivity index (χ4v) is 2.85. The van der Waals surface area contributed by atoms with E-state index in [1.54, 1.807) is 11.1 Å². The number of hydrogen-bond acceptors (Lipinski definition) is 2. The molecule has 2 aliphatic rings. The first kappa shape index (κ1) is 13.2. The summed E-state index contributed by atoms with van der Waals surface area (Å²) in [5.41, 5.74) is 5.16. The van der Waals surface area contributed by atoms with Gasteiger partial charge in [0.15, 0.2) is 0 Å². The van der Waals surface area contributed by atoms with Crippen molar-refractivity contribution in [2.24, 2.45) is 0 Å². The van der Waals surface area contributed by atoms with Crippen LogP contribution in [0.15, 0.2) is 35.4 Å². The summed E-state index contributed by atoms with van der Waals surface area (Å²) in [4.78, 5) is 16.6. The van der Waals surface area contributed by atoms with Gasteiger partial charge in [-0.25, -0.2) is 0 Å². The summed E-state index contributed by atoms with van der Waals surface area (Å²) >= 11 is 0. The minimum absolute atomic E-state index is 0.175. The summed E-state index contributed by atoms with van der Waals surface area (Å²) in [5.74, 6) is 0.175. The summed E-state index contributed by atoms with van der Waals surface area (Å²) in [6.07, 6.45) is 4.76. The lowest BCUT2D eigenvalue weighted by atomic mass is 10.0. The maximum Gasteiger partial charge on any atom is 0.253 e. The van der Waals surface area contributed by atoms with Gasteiger partial charge in [-0.3, -0.25) is 4.79 Å². The van der Waals surface area contributed by atoms with Crippen molar-refractivity contribution in [2.45, 2.75) is 25.7 Å². The topological polar surface area (TPSA) is 23.6 Å². The van der Waals surface area contributed by atoms with Gasteiger partial charge < -0.3 is 9.80 Å². The molecular formula is C17H22N2O.